The highest BCUT2D eigenvalue weighted by Gasteiger charge is 2.13. The third-order valence-corrected chi connectivity index (χ3v) is 2.36. The molecular formula is C9H17N3S. The summed E-state index contributed by atoms with van der Waals surface area (Å²) < 4.78 is 0. The van der Waals surface area contributed by atoms with Gasteiger partial charge < -0.3 is 5.32 Å². The van der Waals surface area contributed by atoms with Crippen LogP contribution in [0, 0.1) is 0 Å². The van der Waals surface area contributed by atoms with E-state index in [0.717, 1.165) is 6.42 Å². The van der Waals surface area contributed by atoms with Crippen molar-refractivity contribution in [2.75, 3.05) is 0 Å². The van der Waals surface area contributed by atoms with E-state index in [1.807, 2.05) is 0 Å². The van der Waals surface area contributed by atoms with Crippen molar-refractivity contribution in [2.45, 2.75) is 51.6 Å². The molecule has 0 aromatic rings. The smallest absolute Gasteiger partial charge is 0.215 e. The van der Waals surface area contributed by atoms with Crippen LogP contribution in [0.1, 0.15) is 45.4 Å². The Morgan fingerprint density at radius 1 is 1.31 bits per heavy atom. The monoisotopic (exact) mass is 199 g/mol. The van der Waals surface area contributed by atoms with Crippen molar-refractivity contribution < 1.29 is 0 Å². The van der Waals surface area contributed by atoms with E-state index in [0.29, 0.717) is 5.11 Å². The molecule has 0 fully saturated rings. The Morgan fingerprint density at radius 3 is 2.69 bits per heavy atom. The molecule has 1 unspecified atom stereocenters. The number of hydrogen-bond acceptors (Lipinski definition) is 2. The summed E-state index contributed by atoms with van der Waals surface area (Å²) in [6.45, 7) is 2.23. The van der Waals surface area contributed by atoms with Crippen molar-refractivity contribution in [1.82, 2.24) is 5.32 Å². The first-order chi connectivity index (χ1) is 6.33. The number of rotatable bonds is 6. The van der Waals surface area contributed by atoms with Crippen LogP contribution in [0.2, 0.25) is 0 Å². The van der Waals surface area contributed by atoms with Crippen molar-refractivity contribution in [3.8, 4) is 0 Å². The summed E-state index contributed by atoms with van der Waals surface area (Å²) in [5, 5.41) is 11.4. The second-order valence-electron chi connectivity index (χ2n) is 3.38. The van der Waals surface area contributed by atoms with Gasteiger partial charge in [0.2, 0.25) is 5.11 Å². The van der Waals surface area contributed by atoms with Gasteiger partial charge in [0.1, 0.15) is 6.17 Å². The lowest BCUT2D eigenvalue weighted by atomic mass is 10.1. The zero-order valence-corrected chi connectivity index (χ0v) is 8.94. The highest BCUT2D eigenvalue weighted by molar-refractivity contribution is 7.80. The first kappa shape index (κ1) is 10.6. The van der Waals surface area contributed by atoms with Crippen LogP contribution in [0.25, 0.3) is 0 Å². The van der Waals surface area contributed by atoms with Crippen molar-refractivity contribution in [3.63, 3.8) is 0 Å². The highest BCUT2D eigenvalue weighted by Crippen LogP contribution is 2.10. The predicted octanol–water partition coefficient (Wildman–Crippen LogP) is 3.01. The molecule has 0 radical (unpaired) electrons. The molecule has 13 heavy (non-hydrogen) atoms. The summed E-state index contributed by atoms with van der Waals surface area (Å²) in [7, 11) is 0. The molecule has 0 aliphatic carbocycles. The second-order valence-corrected chi connectivity index (χ2v) is 3.77. The van der Waals surface area contributed by atoms with Crippen LogP contribution in [0.15, 0.2) is 10.2 Å². The summed E-state index contributed by atoms with van der Waals surface area (Å²) in [6.07, 6.45) is 7.73. The Hall–Kier alpha value is -0.510. The van der Waals surface area contributed by atoms with Gasteiger partial charge in [0.05, 0.1) is 0 Å². The van der Waals surface area contributed by atoms with Gasteiger partial charge in [-0.1, -0.05) is 32.6 Å². The minimum atomic E-state index is 0.161. The molecule has 0 saturated carbocycles. The summed E-state index contributed by atoms with van der Waals surface area (Å²) in [6, 6.07) is 0. The second kappa shape index (κ2) is 6.02. The summed E-state index contributed by atoms with van der Waals surface area (Å²) in [4.78, 5) is 0. The lowest BCUT2D eigenvalue weighted by molar-refractivity contribution is 0.529. The quantitative estimate of drug-likeness (QED) is 0.527. The molecule has 0 bridgehead atoms. The predicted molar refractivity (Wildman–Crippen MR) is 57.8 cm³/mol. The molecule has 1 aliphatic rings. The van der Waals surface area contributed by atoms with E-state index in [-0.39, 0.29) is 6.17 Å². The van der Waals surface area contributed by atoms with Crippen molar-refractivity contribution in [2.24, 2.45) is 10.2 Å². The van der Waals surface area contributed by atoms with E-state index in [1.54, 1.807) is 0 Å². The Bertz CT molecular complexity index is 191. The number of unbranched alkanes of at least 4 members (excludes halogenated alkanes) is 4. The van der Waals surface area contributed by atoms with Crippen LogP contribution in [0.5, 0.6) is 0 Å². The number of nitrogens with one attached hydrogen (secondary N) is 1. The third kappa shape index (κ3) is 4.31. The van der Waals surface area contributed by atoms with Crippen LogP contribution in [0.4, 0.5) is 0 Å². The fraction of sp³-hybridized carbons (Fsp3) is 0.889. The van der Waals surface area contributed by atoms with E-state index in [9.17, 15) is 0 Å². The van der Waals surface area contributed by atoms with Gasteiger partial charge in [-0.05, 0) is 25.1 Å². The zero-order valence-electron chi connectivity index (χ0n) is 8.12. The SMILES string of the molecule is CCCCCCCC1N=NC(=S)N1. The molecule has 4 heteroatoms. The number of hydrogen-bond donors (Lipinski definition) is 1. The van der Waals surface area contributed by atoms with Gasteiger partial charge in [-0.3, -0.25) is 0 Å². The average molecular weight is 199 g/mol. The van der Waals surface area contributed by atoms with Gasteiger partial charge in [-0.25, -0.2) is 0 Å². The Kier molecular flexibility index (Phi) is 4.90. The van der Waals surface area contributed by atoms with E-state index >= 15 is 0 Å². The van der Waals surface area contributed by atoms with Gasteiger partial charge in [-0.15, -0.1) is 5.11 Å². The topological polar surface area (TPSA) is 36.8 Å². The maximum Gasteiger partial charge on any atom is 0.215 e. The van der Waals surface area contributed by atoms with E-state index in [2.05, 4.69) is 22.5 Å². The molecule has 0 amide bonds. The summed E-state index contributed by atoms with van der Waals surface area (Å²) in [5.74, 6) is 0. The van der Waals surface area contributed by atoms with Crippen LogP contribution in [-0.2, 0) is 0 Å². The van der Waals surface area contributed by atoms with Crippen LogP contribution < -0.4 is 5.32 Å². The zero-order chi connectivity index (χ0) is 9.52. The Morgan fingerprint density at radius 2 is 2.08 bits per heavy atom. The van der Waals surface area contributed by atoms with Gasteiger partial charge in [0.25, 0.3) is 0 Å². The maximum atomic E-state index is 4.84. The lowest BCUT2D eigenvalue weighted by Gasteiger charge is -2.05. The fourth-order valence-electron chi connectivity index (χ4n) is 1.39. The Balaban J connectivity index is 1.95. The molecule has 1 atom stereocenters. The molecule has 1 aliphatic heterocycles. The molecule has 1 rings (SSSR count). The number of nitrogens with zero attached hydrogens (tertiary/aromatic N) is 2. The fourth-order valence-corrected chi connectivity index (χ4v) is 1.58. The minimum Gasteiger partial charge on any atom is -0.336 e. The standard InChI is InChI=1S/C9H17N3S/c1-2-3-4-5-6-7-8-10-9(13)12-11-8/h8H,2-7H2,1H3,(H,10,13). The van der Waals surface area contributed by atoms with Crippen molar-refractivity contribution in [3.05, 3.63) is 0 Å². The number of azo groups is 1. The van der Waals surface area contributed by atoms with Crippen LogP contribution in [0.3, 0.4) is 0 Å². The van der Waals surface area contributed by atoms with Crippen molar-refractivity contribution >= 4 is 17.3 Å². The van der Waals surface area contributed by atoms with E-state index in [4.69, 9.17) is 12.2 Å². The lowest BCUT2D eigenvalue weighted by Crippen LogP contribution is -2.24. The normalized spacial score (nSPS) is 20.7. The molecule has 1 heterocycles. The minimum absolute atomic E-state index is 0.161. The maximum absolute atomic E-state index is 4.84. The highest BCUT2D eigenvalue weighted by atomic mass is 32.1. The van der Waals surface area contributed by atoms with Gasteiger partial charge in [0.15, 0.2) is 0 Å². The van der Waals surface area contributed by atoms with Crippen LogP contribution in [-0.4, -0.2) is 11.3 Å². The summed E-state index contributed by atoms with van der Waals surface area (Å²) in [5.41, 5.74) is 0. The molecule has 0 aromatic carbocycles. The first-order valence-corrected chi connectivity index (χ1v) is 5.45. The number of thiocarbonyl (C=S) groups is 1. The molecule has 0 saturated heterocycles. The van der Waals surface area contributed by atoms with Gasteiger partial charge in [-0.2, -0.15) is 5.11 Å². The molecule has 0 aromatic heterocycles. The largest absolute Gasteiger partial charge is 0.336 e. The molecular weight excluding hydrogens is 182 g/mol. The average Bonchev–Trinajstić information content (AvgIpc) is 2.51. The Labute approximate surface area is 85.0 Å². The molecule has 1 N–H and O–H groups in total. The van der Waals surface area contributed by atoms with Gasteiger partial charge >= 0.3 is 0 Å². The van der Waals surface area contributed by atoms with E-state index < -0.39 is 0 Å². The van der Waals surface area contributed by atoms with E-state index in [1.165, 1.54) is 32.1 Å². The molecule has 0 spiro atoms. The van der Waals surface area contributed by atoms with Gasteiger partial charge in [0, 0.05) is 0 Å². The summed E-state index contributed by atoms with van der Waals surface area (Å²) >= 11 is 4.84. The molecule has 3 nitrogen and oxygen atoms in total. The third-order valence-electron chi connectivity index (χ3n) is 2.16. The van der Waals surface area contributed by atoms with Crippen LogP contribution >= 0.6 is 12.2 Å². The molecule has 74 valence electrons. The first-order valence-electron chi connectivity index (χ1n) is 5.04. The van der Waals surface area contributed by atoms with Crippen molar-refractivity contribution in [1.29, 1.82) is 0 Å².